The van der Waals surface area contributed by atoms with Crippen LogP contribution in [0.5, 0.6) is 0 Å². The summed E-state index contributed by atoms with van der Waals surface area (Å²) in [7, 11) is 0. The number of carbonyl (C=O) groups excluding carboxylic acids is 2. The SMILES string of the molecule is O=C(NC1CCN(C(=O)c2ccc(Br)cc2)CC1)c1ccccn1. The second-order valence-electron chi connectivity index (χ2n) is 5.76. The number of amides is 2. The summed E-state index contributed by atoms with van der Waals surface area (Å²) in [6, 6.07) is 12.7. The Kier molecular flexibility index (Phi) is 5.25. The lowest BCUT2D eigenvalue weighted by Crippen LogP contribution is -2.46. The van der Waals surface area contributed by atoms with Crippen molar-refractivity contribution < 1.29 is 9.59 Å². The van der Waals surface area contributed by atoms with Gasteiger partial charge in [0.15, 0.2) is 0 Å². The number of likely N-dealkylation sites (tertiary alicyclic amines) is 1. The van der Waals surface area contributed by atoms with Crippen LogP contribution in [0.2, 0.25) is 0 Å². The van der Waals surface area contributed by atoms with Crippen molar-refractivity contribution in [3.63, 3.8) is 0 Å². The molecule has 0 radical (unpaired) electrons. The molecule has 0 aliphatic carbocycles. The van der Waals surface area contributed by atoms with Gasteiger partial charge < -0.3 is 10.2 Å². The molecule has 2 aromatic rings. The Bertz CT molecular complexity index is 711. The zero-order valence-corrected chi connectivity index (χ0v) is 14.7. The predicted molar refractivity (Wildman–Crippen MR) is 94.8 cm³/mol. The summed E-state index contributed by atoms with van der Waals surface area (Å²) in [6.45, 7) is 1.28. The number of pyridine rings is 1. The van der Waals surface area contributed by atoms with E-state index in [1.54, 1.807) is 24.4 Å². The Morgan fingerprint density at radius 3 is 2.42 bits per heavy atom. The maximum Gasteiger partial charge on any atom is 0.270 e. The van der Waals surface area contributed by atoms with E-state index < -0.39 is 0 Å². The number of hydrogen-bond acceptors (Lipinski definition) is 3. The molecule has 6 heteroatoms. The third kappa shape index (κ3) is 4.00. The Balaban J connectivity index is 1.53. The van der Waals surface area contributed by atoms with E-state index in [2.05, 4.69) is 26.2 Å². The van der Waals surface area contributed by atoms with Crippen molar-refractivity contribution in [2.75, 3.05) is 13.1 Å². The van der Waals surface area contributed by atoms with Crippen LogP contribution in [0.4, 0.5) is 0 Å². The van der Waals surface area contributed by atoms with Gasteiger partial charge in [-0.05, 0) is 49.2 Å². The molecule has 0 bridgehead atoms. The molecule has 2 heterocycles. The maximum absolute atomic E-state index is 12.5. The smallest absolute Gasteiger partial charge is 0.270 e. The third-order valence-electron chi connectivity index (χ3n) is 4.11. The average Bonchev–Trinajstić information content (AvgIpc) is 2.63. The predicted octanol–water partition coefficient (Wildman–Crippen LogP) is 2.88. The van der Waals surface area contributed by atoms with Crippen LogP contribution in [0.15, 0.2) is 53.1 Å². The molecule has 2 amide bonds. The first-order valence-corrected chi connectivity index (χ1v) is 8.69. The second-order valence-corrected chi connectivity index (χ2v) is 6.68. The summed E-state index contributed by atoms with van der Waals surface area (Å²) in [4.78, 5) is 30.5. The van der Waals surface area contributed by atoms with Gasteiger partial charge in [-0.15, -0.1) is 0 Å². The van der Waals surface area contributed by atoms with E-state index in [1.807, 2.05) is 29.2 Å². The summed E-state index contributed by atoms with van der Waals surface area (Å²) in [5.41, 5.74) is 1.11. The minimum Gasteiger partial charge on any atom is -0.348 e. The van der Waals surface area contributed by atoms with Crippen molar-refractivity contribution in [2.24, 2.45) is 0 Å². The van der Waals surface area contributed by atoms with Crippen LogP contribution in [0, 0.1) is 0 Å². The minimum atomic E-state index is -0.159. The number of hydrogen-bond donors (Lipinski definition) is 1. The Morgan fingerprint density at radius 2 is 1.79 bits per heavy atom. The number of carbonyl (C=O) groups is 2. The van der Waals surface area contributed by atoms with E-state index in [4.69, 9.17) is 0 Å². The van der Waals surface area contributed by atoms with E-state index in [0.717, 1.165) is 17.3 Å². The molecule has 1 aromatic carbocycles. The summed E-state index contributed by atoms with van der Waals surface area (Å²) >= 11 is 3.37. The topological polar surface area (TPSA) is 62.3 Å². The molecule has 0 spiro atoms. The van der Waals surface area contributed by atoms with Gasteiger partial charge >= 0.3 is 0 Å². The number of aromatic nitrogens is 1. The highest BCUT2D eigenvalue weighted by atomic mass is 79.9. The molecule has 1 aliphatic heterocycles. The zero-order valence-electron chi connectivity index (χ0n) is 13.1. The Labute approximate surface area is 149 Å². The molecule has 124 valence electrons. The summed E-state index contributed by atoms with van der Waals surface area (Å²) < 4.78 is 0.954. The molecule has 0 atom stereocenters. The zero-order chi connectivity index (χ0) is 16.9. The van der Waals surface area contributed by atoms with Crippen molar-refractivity contribution >= 4 is 27.7 Å². The van der Waals surface area contributed by atoms with Crippen molar-refractivity contribution in [3.05, 3.63) is 64.4 Å². The largest absolute Gasteiger partial charge is 0.348 e. The first-order valence-electron chi connectivity index (χ1n) is 7.90. The van der Waals surface area contributed by atoms with Gasteiger partial charge in [0.1, 0.15) is 5.69 Å². The molecular formula is C18H18BrN3O2. The lowest BCUT2D eigenvalue weighted by molar-refractivity contribution is 0.0697. The average molecular weight is 388 g/mol. The van der Waals surface area contributed by atoms with Crippen LogP contribution in [-0.4, -0.2) is 40.8 Å². The monoisotopic (exact) mass is 387 g/mol. The van der Waals surface area contributed by atoms with Crippen LogP contribution in [0.25, 0.3) is 0 Å². The van der Waals surface area contributed by atoms with Gasteiger partial charge in [0.25, 0.3) is 11.8 Å². The van der Waals surface area contributed by atoms with Gasteiger partial charge in [-0.25, -0.2) is 0 Å². The molecule has 5 nitrogen and oxygen atoms in total. The molecule has 1 saturated heterocycles. The van der Waals surface area contributed by atoms with Crippen LogP contribution >= 0.6 is 15.9 Å². The lowest BCUT2D eigenvalue weighted by Gasteiger charge is -2.32. The first kappa shape index (κ1) is 16.6. The molecule has 1 N–H and O–H groups in total. The number of benzene rings is 1. The van der Waals surface area contributed by atoms with Crippen LogP contribution < -0.4 is 5.32 Å². The molecule has 0 unspecified atom stereocenters. The molecular weight excluding hydrogens is 370 g/mol. The van der Waals surface area contributed by atoms with E-state index in [-0.39, 0.29) is 17.9 Å². The first-order chi connectivity index (χ1) is 11.6. The van der Waals surface area contributed by atoms with Crippen LogP contribution in [-0.2, 0) is 0 Å². The fourth-order valence-electron chi connectivity index (χ4n) is 2.76. The fourth-order valence-corrected chi connectivity index (χ4v) is 3.02. The highest BCUT2D eigenvalue weighted by molar-refractivity contribution is 9.10. The molecule has 3 rings (SSSR count). The van der Waals surface area contributed by atoms with Gasteiger partial charge in [-0.2, -0.15) is 0 Å². The third-order valence-corrected chi connectivity index (χ3v) is 4.63. The van der Waals surface area contributed by atoms with Gasteiger partial charge in [0.2, 0.25) is 0 Å². The number of nitrogens with one attached hydrogen (secondary N) is 1. The van der Waals surface area contributed by atoms with Crippen molar-refractivity contribution in [1.82, 2.24) is 15.2 Å². The molecule has 1 aromatic heterocycles. The van der Waals surface area contributed by atoms with Gasteiger partial charge in [0, 0.05) is 35.4 Å². The summed E-state index contributed by atoms with van der Waals surface area (Å²) in [5.74, 6) is -0.120. The highest BCUT2D eigenvalue weighted by Crippen LogP contribution is 2.16. The Hall–Kier alpha value is -2.21. The van der Waals surface area contributed by atoms with Gasteiger partial charge in [-0.1, -0.05) is 22.0 Å². The quantitative estimate of drug-likeness (QED) is 0.880. The van der Waals surface area contributed by atoms with E-state index in [9.17, 15) is 9.59 Å². The minimum absolute atomic E-state index is 0.0389. The Morgan fingerprint density at radius 1 is 1.08 bits per heavy atom. The summed E-state index contributed by atoms with van der Waals surface area (Å²) in [6.07, 6.45) is 3.11. The van der Waals surface area contributed by atoms with Crippen molar-refractivity contribution in [2.45, 2.75) is 18.9 Å². The van der Waals surface area contributed by atoms with Gasteiger partial charge in [-0.3, -0.25) is 14.6 Å². The molecule has 24 heavy (non-hydrogen) atoms. The number of piperidine rings is 1. The lowest BCUT2D eigenvalue weighted by atomic mass is 10.0. The molecule has 1 fully saturated rings. The molecule has 0 saturated carbocycles. The van der Waals surface area contributed by atoms with Crippen molar-refractivity contribution in [1.29, 1.82) is 0 Å². The van der Waals surface area contributed by atoms with Crippen LogP contribution in [0.3, 0.4) is 0 Å². The molecule has 1 aliphatic rings. The van der Waals surface area contributed by atoms with E-state index in [1.165, 1.54) is 0 Å². The maximum atomic E-state index is 12.5. The fraction of sp³-hybridized carbons (Fsp3) is 0.278. The normalized spacial score (nSPS) is 15.1. The second kappa shape index (κ2) is 7.57. The number of nitrogens with zero attached hydrogens (tertiary/aromatic N) is 2. The number of halogens is 1. The summed E-state index contributed by atoms with van der Waals surface area (Å²) in [5, 5.41) is 3.00. The van der Waals surface area contributed by atoms with Crippen LogP contribution in [0.1, 0.15) is 33.7 Å². The van der Waals surface area contributed by atoms with Gasteiger partial charge in [0.05, 0.1) is 0 Å². The van der Waals surface area contributed by atoms with Crippen molar-refractivity contribution in [3.8, 4) is 0 Å². The number of rotatable bonds is 3. The van der Waals surface area contributed by atoms with E-state index >= 15 is 0 Å². The standard InChI is InChI=1S/C18H18BrN3O2/c19-14-6-4-13(5-7-14)18(24)22-11-8-15(9-12-22)21-17(23)16-3-1-2-10-20-16/h1-7,10,15H,8-9,11-12H2,(H,21,23). The van der Waals surface area contributed by atoms with E-state index in [0.29, 0.717) is 24.3 Å². The highest BCUT2D eigenvalue weighted by Gasteiger charge is 2.25.